The zero-order valence-corrected chi connectivity index (χ0v) is 16.1. The van der Waals surface area contributed by atoms with Crippen LogP contribution >= 0.6 is 0 Å². The molecule has 3 rings (SSSR count). The number of tetrazole rings is 1. The minimum Gasteiger partial charge on any atom is -0.465 e. The van der Waals surface area contributed by atoms with Crippen LogP contribution in [0.2, 0.25) is 0 Å². The van der Waals surface area contributed by atoms with Crippen LogP contribution in [0.15, 0.2) is 53.1 Å². The number of ether oxygens (including phenoxy) is 1. The van der Waals surface area contributed by atoms with Crippen molar-refractivity contribution in [2.24, 2.45) is 0 Å². The number of aromatic nitrogens is 4. The van der Waals surface area contributed by atoms with E-state index < -0.39 is 18.5 Å². The number of nitrogens with zero attached hydrogens (tertiary/aromatic N) is 6. The van der Waals surface area contributed by atoms with Crippen LogP contribution in [0.5, 0.6) is 0 Å². The van der Waals surface area contributed by atoms with Gasteiger partial charge in [-0.3, -0.25) is 4.79 Å². The third kappa shape index (κ3) is 4.96. The van der Waals surface area contributed by atoms with E-state index in [1.54, 1.807) is 24.3 Å². The van der Waals surface area contributed by atoms with Gasteiger partial charge < -0.3 is 14.1 Å². The van der Waals surface area contributed by atoms with Crippen molar-refractivity contribution in [3.8, 4) is 17.5 Å². The van der Waals surface area contributed by atoms with Crippen molar-refractivity contribution in [2.75, 3.05) is 20.2 Å². The molecule has 0 unspecified atom stereocenters. The fourth-order valence-corrected chi connectivity index (χ4v) is 2.49. The molecule has 1 amide bonds. The van der Waals surface area contributed by atoms with Gasteiger partial charge >= 0.3 is 5.97 Å². The smallest absolute Gasteiger partial charge is 0.357 e. The Morgan fingerprint density at radius 2 is 2.07 bits per heavy atom. The molecule has 0 atom stereocenters. The number of furan rings is 1. The van der Waals surface area contributed by atoms with Gasteiger partial charge in [-0.05, 0) is 22.6 Å². The molecule has 10 nitrogen and oxygen atoms in total. The number of hydrogen-bond donors (Lipinski definition) is 0. The second kappa shape index (κ2) is 9.79. The molecule has 0 saturated carbocycles. The minimum atomic E-state index is -0.807. The summed E-state index contributed by atoms with van der Waals surface area (Å²) in [6.07, 6.45) is 3.07. The number of carbonyl (C=O) groups is 2. The summed E-state index contributed by atoms with van der Waals surface area (Å²) in [7, 11) is 1.53. The van der Waals surface area contributed by atoms with Gasteiger partial charge in [-0.2, -0.15) is 9.94 Å². The summed E-state index contributed by atoms with van der Waals surface area (Å²) in [5.41, 5.74) is 0.661. The van der Waals surface area contributed by atoms with Gasteiger partial charge in [-0.25, -0.2) is 4.79 Å². The first-order valence-corrected chi connectivity index (χ1v) is 8.97. The standard InChI is InChI=1S/C20H18N6O4/c1-25(11-6-10-21)18(27)14-30-20(28)17(13-16-9-5-12-29-16)26-19(22-23-24-26)15-7-3-2-4-8-15/h2-5,7-9,12-13H,6,11,14H2,1H3/b17-13-. The van der Waals surface area contributed by atoms with Gasteiger partial charge in [-0.1, -0.05) is 30.3 Å². The Kier molecular flexibility index (Phi) is 6.68. The van der Waals surface area contributed by atoms with E-state index in [-0.39, 0.29) is 18.7 Å². The first-order valence-electron chi connectivity index (χ1n) is 8.97. The lowest BCUT2D eigenvalue weighted by atomic mass is 10.2. The number of amides is 1. The van der Waals surface area contributed by atoms with Crippen molar-refractivity contribution in [3.05, 3.63) is 54.5 Å². The Morgan fingerprint density at radius 3 is 2.77 bits per heavy atom. The van der Waals surface area contributed by atoms with Gasteiger partial charge in [0.15, 0.2) is 18.1 Å². The largest absolute Gasteiger partial charge is 0.465 e. The Hall–Kier alpha value is -4.26. The summed E-state index contributed by atoms with van der Waals surface area (Å²) in [4.78, 5) is 26.3. The molecule has 0 bridgehead atoms. The van der Waals surface area contributed by atoms with Crippen LogP contribution in [0.25, 0.3) is 23.2 Å². The van der Waals surface area contributed by atoms with Crippen LogP contribution < -0.4 is 0 Å². The molecule has 30 heavy (non-hydrogen) atoms. The van der Waals surface area contributed by atoms with Gasteiger partial charge in [-0.15, -0.1) is 5.10 Å². The first kappa shape index (κ1) is 20.5. The maximum Gasteiger partial charge on any atom is 0.357 e. The molecule has 0 aliphatic carbocycles. The van der Waals surface area contributed by atoms with Crippen molar-refractivity contribution < 1.29 is 18.7 Å². The van der Waals surface area contributed by atoms with Crippen molar-refractivity contribution in [2.45, 2.75) is 6.42 Å². The normalized spacial score (nSPS) is 11.0. The molecule has 10 heteroatoms. The molecule has 2 aromatic heterocycles. The third-order valence-corrected chi connectivity index (χ3v) is 4.07. The summed E-state index contributed by atoms with van der Waals surface area (Å²) < 4.78 is 11.7. The molecule has 0 radical (unpaired) electrons. The fourth-order valence-electron chi connectivity index (χ4n) is 2.49. The maximum atomic E-state index is 12.8. The minimum absolute atomic E-state index is 0.0266. The lowest BCUT2D eigenvalue weighted by Gasteiger charge is -2.15. The van der Waals surface area contributed by atoms with Crippen LogP contribution in [0.4, 0.5) is 0 Å². The average molecular weight is 406 g/mol. The molecule has 0 aliphatic heterocycles. The van der Waals surface area contributed by atoms with Crippen molar-refractivity contribution >= 4 is 23.6 Å². The monoisotopic (exact) mass is 406 g/mol. The van der Waals surface area contributed by atoms with Gasteiger partial charge in [0.25, 0.3) is 5.91 Å². The second-order valence-corrected chi connectivity index (χ2v) is 6.12. The molecule has 0 saturated heterocycles. The van der Waals surface area contributed by atoms with Crippen LogP contribution in [0, 0.1) is 11.3 Å². The number of esters is 1. The Labute approximate surface area is 172 Å². The number of benzene rings is 1. The van der Waals surface area contributed by atoms with Gasteiger partial charge in [0, 0.05) is 25.2 Å². The zero-order valence-electron chi connectivity index (χ0n) is 16.1. The summed E-state index contributed by atoms with van der Waals surface area (Å²) in [5.74, 6) is -0.536. The molecule has 0 spiro atoms. The van der Waals surface area contributed by atoms with Gasteiger partial charge in [0.2, 0.25) is 0 Å². The van der Waals surface area contributed by atoms with Crippen molar-refractivity contribution in [1.29, 1.82) is 5.26 Å². The molecule has 0 aliphatic rings. The molecule has 2 heterocycles. The highest BCUT2D eigenvalue weighted by Crippen LogP contribution is 2.21. The quantitative estimate of drug-likeness (QED) is 0.410. The second-order valence-electron chi connectivity index (χ2n) is 6.12. The number of carbonyl (C=O) groups excluding carboxylic acids is 2. The van der Waals surface area contributed by atoms with Crippen molar-refractivity contribution in [3.63, 3.8) is 0 Å². The summed E-state index contributed by atoms with van der Waals surface area (Å²) in [6.45, 7) is -0.244. The number of rotatable bonds is 8. The number of hydrogen-bond acceptors (Lipinski definition) is 8. The molecule has 1 aromatic carbocycles. The Bertz CT molecular complexity index is 1070. The average Bonchev–Trinajstić information content (AvgIpc) is 3.46. The number of nitriles is 1. The molecule has 3 aromatic rings. The van der Waals surface area contributed by atoms with Crippen LogP contribution in [0.3, 0.4) is 0 Å². The Balaban J connectivity index is 1.85. The highest BCUT2D eigenvalue weighted by molar-refractivity contribution is 6.15. The highest BCUT2D eigenvalue weighted by Gasteiger charge is 2.22. The third-order valence-electron chi connectivity index (χ3n) is 4.07. The molecular formula is C20H18N6O4. The lowest BCUT2D eigenvalue weighted by molar-refractivity contribution is -0.147. The predicted octanol–water partition coefficient (Wildman–Crippen LogP) is 1.85. The van der Waals surface area contributed by atoms with Crippen molar-refractivity contribution in [1.82, 2.24) is 25.1 Å². The van der Waals surface area contributed by atoms with E-state index in [4.69, 9.17) is 14.4 Å². The van der Waals surface area contributed by atoms with Gasteiger partial charge in [0.1, 0.15) is 5.76 Å². The van der Waals surface area contributed by atoms with Gasteiger partial charge in [0.05, 0.1) is 18.8 Å². The van der Waals surface area contributed by atoms with E-state index in [0.29, 0.717) is 17.1 Å². The van der Waals surface area contributed by atoms with Crippen LogP contribution in [0.1, 0.15) is 12.2 Å². The molecular weight excluding hydrogens is 388 g/mol. The fraction of sp³-hybridized carbons (Fsp3) is 0.200. The summed E-state index contributed by atoms with van der Waals surface area (Å²) in [6, 6.07) is 14.4. The first-order chi connectivity index (χ1) is 14.6. The number of likely N-dealkylation sites (N-methyl/N-ethyl adjacent to an activating group) is 1. The van der Waals surface area contributed by atoms with E-state index in [1.807, 2.05) is 24.3 Å². The van der Waals surface area contributed by atoms with Crippen LogP contribution in [-0.2, 0) is 14.3 Å². The van der Waals surface area contributed by atoms with E-state index in [2.05, 4.69) is 15.5 Å². The summed E-state index contributed by atoms with van der Waals surface area (Å²) in [5, 5.41) is 20.2. The predicted molar refractivity (Wildman–Crippen MR) is 105 cm³/mol. The van der Waals surface area contributed by atoms with E-state index in [0.717, 1.165) is 0 Å². The zero-order chi connectivity index (χ0) is 21.3. The Morgan fingerprint density at radius 1 is 1.27 bits per heavy atom. The molecule has 0 N–H and O–H groups in total. The maximum absolute atomic E-state index is 12.8. The van der Waals surface area contributed by atoms with E-state index in [9.17, 15) is 9.59 Å². The topological polar surface area (TPSA) is 127 Å². The van der Waals surface area contributed by atoms with E-state index in [1.165, 1.54) is 29.0 Å². The molecule has 152 valence electrons. The lowest BCUT2D eigenvalue weighted by Crippen LogP contribution is -2.32. The SMILES string of the molecule is CN(CCC#N)C(=O)COC(=O)/C(=C/c1ccco1)n1nnnc1-c1ccccc1. The van der Waals surface area contributed by atoms with Crippen LogP contribution in [-0.4, -0.2) is 57.2 Å². The highest BCUT2D eigenvalue weighted by atomic mass is 16.5. The summed E-state index contributed by atoms with van der Waals surface area (Å²) >= 11 is 0. The molecule has 0 fully saturated rings. The van der Waals surface area contributed by atoms with E-state index >= 15 is 0 Å².